The van der Waals surface area contributed by atoms with Crippen LogP contribution in [0.1, 0.15) is 51.4 Å². The van der Waals surface area contributed by atoms with Crippen molar-refractivity contribution in [2.24, 2.45) is 0 Å². The highest BCUT2D eigenvalue weighted by molar-refractivity contribution is 4.88. The normalized spacial score (nSPS) is 34.9. The SMILES string of the molecule is CNC1CCCCC1NC1CCCC1. The minimum Gasteiger partial charge on any atom is -0.315 e. The smallest absolute Gasteiger partial charge is 0.0223 e. The molecular formula is C12H24N2. The predicted octanol–water partition coefficient (Wildman–Crippen LogP) is 2.05. The fourth-order valence-corrected chi connectivity index (χ4v) is 3.07. The summed E-state index contributed by atoms with van der Waals surface area (Å²) in [6, 6.07) is 2.30. The van der Waals surface area contributed by atoms with Crippen LogP contribution in [0.4, 0.5) is 0 Å². The van der Waals surface area contributed by atoms with Gasteiger partial charge in [0.1, 0.15) is 0 Å². The summed E-state index contributed by atoms with van der Waals surface area (Å²) in [4.78, 5) is 0. The van der Waals surface area contributed by atoms with Gasteiger partial charge in [-0.3, -0.25) is 0 Å². The lowest BCUT2D eigenvalue weighted by atomic mass is 9.90. The van der Waals surface area contributed by atoms with E-state index in [0.717, 1.165) is 18.1 Å². The van der Waals surface area contributed by atoms with Crippen LogP contribution in [0.3, 0.4) is 0 Å². The van der Waals surface area contributed by atoms with Crippen molar-refractivity contribution >= 4 is 0 Å². The van der Waals surface area contributed by atoms with Gasteiger partial charge in [-0.1, -0.05) is 25.7 Å². The molecule has 14 heavy (non-hydrogen) atoms. The van der Waals surface area contributed by atoms with E-state index in [1.165, 1.54) is 51.4 Å². The first-order valence-corrected chi connectivity index (χ1v) is 6.33. The van der Waals surface area contributed by atoms with Gasteiger partial charge in [0.2, 0.25) is 0 Å². The Morgan fingerprint density at radius 2 is 1.36 bits per heavy atom. The number of nitrogens with one attached hydrogen (secondary N) is 2. The minimum absolute atomic E-state index is 0.726. The van der Waals surface area contributed by atoms with Crippen molar-refractivity contribution in [2.45, 2.75) is 69.5 Å². The van der Waals surface area contributed by atoms with Crippen molar-refractivity contribution in [3.05, 3.63) is 0 Å². The molecule has 82 valence electrons. The third-order valence-electron chi connectivity index (χ3n) is 3.94. The van der Waals surface area contributed by atoms with Gasteiger partial charge in [-0.05, 0) is 32.7 Å². The Bertz CT molecular complexity index is 164. The zero-order valence-electron chi connectivity index (χ0n) is 9.39. The fourth-order valence-electron chi connectivity index (χ4n) is 3.07. The Morgan fingerprint density at radius 3 is 2.00 bits per heavy atom. The monoisotopic (exact) mass is 196 g/mol. The molecule has 0 aromatic carbocycles. The standard InChI is InChI=1S/C12H24N2/c1-13-11-8-4-5-9-12(11)14-10-6-2-3-7-10/h10-14H,2-9H2,1H3. The molecule has 2 saturated carbocycles. The molecule has 2 N–H and O–H groups in total. The Labute approximate surface area is 87.8 Å². The highest BCUT2D eigenvalue weighted by Gasteiger charge is 2.26. The van der Waals surface area contributed by atoms with Gasteiger partial charge in [-0.15, -0.1) is 0 Å². The maximum Gasteiger partial charge on any atom is 0.0223 e. The molecule has 2 heteroatoms. The van der Waals surface area contributed by atoms with E-state index in [1.54, 1.807) is 0 Å². The van der Waals surface area contributed by atoms with Gasteiger partial charge < -0.3 is 10.6 Å². The molecule has 2 nitrogen and oxygen atoms in total. The van der Waals surface area contributed by atoms with Crippen LogP contribution in [0.25, 0.3) is 0 Å². The van der Waals surface area contributed by atoms with Crippen LogP contribution in [0.2, 0.25) is 0 Å². The molecule has 0 aromatic rings. The summed E-state index contributed by atoms with van der Waals surface area (Å²) in [6.07, 6.45) is 11.3. The summed E-state index contributed by atoms with van der Waals surface area (Å²) in [6.45, 7) is 0. The summed E-state index contributed by atoms with van der Waals surface area (Å²) < 4.78 is 0. The van der Waals surface area contributed by atoms with Crippen molar-refractivity contribution in [3.63, 3.8) is 0 Å². The van der Waals surface area contributed by atoms with E-state index >= 15 is 0 Å². The lowest BCUT2D eigenvalue weighted by molar-refractivity contribution is 0.273. The average molecular weight is 196 g/mol. The second-order valence-corrected chi connectivity index (χ2v) is 4.93. The Morgan fingerprint density at radius 1 is 0.786 bits per heavy atom. The first kappa shape index (κ1) is 10.4. The second-order valence-electron chi connectivity index (χ2n) is 4.93. The molecule has 0 amide bonds. The highest BCUT2D eigenvalue weighted by Crippen LogP contribution is 2.23. The summed E-state index contributed by atoms with van der Waals surface area (Å²) in [7, 11) is 2.11. The van der Waals surface area contributed by atoms with E-state index in [-0.39, 0.29) is 0 Å². The van der Waals surface area contributed by atoms with Crippen molar-refractivity contribution in [2.75, 3.05) is 7.05 Å². The van der Waals surface area contributed by atoms with E-state index in [4.69, 9.17) is 0 Å². The summed E-state index contributed by atoms with van der Waals surface area (Å²) >= 11 is 0. The molecule has 2 aliphatic carbocycles. The maximum atomic E-state index is 3.86. The molecule has 2 unspecified atom stereocenters. The molecule has 0 bridgehead atoms. The van der Waals surface area contributed by atoms with Gasteiger partial charge in [0.25, 0.3) is 0 Å². The molecular weight excluding hydrogens is 172 g/mol. The van der Waals surface area contributed by atoms with Crippen molar-refractivity contribution in [1.29, 1.82) is 0 Å². The van der Waals surface area contributed by atoms with Gasteiger partial charge in [0, 0.05) is 18.1 Å². The predicted molar refractivity (Wildman–Crippen MR) is 60.5 cm³/mol. The molecule has 0 heterocycles. The average Bonchev–Trinajstić information content (AvgIpc) is 2.71. The first-order valence-electron chi connectivity index (χ1n) is 6.33. The molecule has 2 fully saturated rings. The highest BCUT2D eigenvalue weighted by atomic mass is 15.0. The first-order chi connectivity index (χ1) is 6.90. The molecule has 2 rings (SSSR count). The van der Waals surface area contributed by atoms with Gasteiger partial charge in [-0.2, -0.15) is 0 Å². The zero-order chi connectivity index (χ0) is 9.80. The lowest BCUT2D eigenvalue weighted by Crippen LogP contribution is -2.51. The number of hydrogen-bond donors (Lipinski definition) is 2. The molecule has 2 atom stereocenters. The van der Waals surface area contributed by atoms with Crippen LogP contribution in [0, 0.1) is 0 Å². The van der Waals surface area contributed by atoms with Gasteiger partial charge in [0.15, 0.2) is 0 Å². The summed E-state index contributed by atoms with van der Waals surface area (Å²) in [5, 5.41) is 7.32. The minimum atomic E-state index is 0.726. The third-order valence-corrected chi connectivity index (χ3v) is 3.94. The molecule has 0 saturated heterocycles. The molecule has 2 aliphatic rings. The Kier molecular flexibility index (Phi) is 3.82. The second kappa shape index (κ2) is 5.13. The van der Waals surface area contributed by atoms with Crippen molar-refractivity contribution < 1.29 is 0 Å². The summed E-state index contributed by atoms with van der Waals surface area (Å²) in [5.74, 6) is 0. The number of likely N-dealkylation sites (N-methyl/N-ethyl adjacent to an activating group) is 1. The molecule has 0 aromatic heterocycles. The van der Waals surface area contributed by atoms with Crippen LogP contribution in [-0.4, -0.2) is 25.2 Å². The van der Waals surface area contributed by atoms with Crippen LogP contribution in [0.5, 0.6) is 0 Å². The maximum absolute atomic E-state index is 3.86. The zero-order valence-corrected chi connectivity index (χ0v) is 9.39. The van der Waals surface area contributed by atoms with E-state index in [1.807, 2.05) is 0 Å². The summed E-state index contributed by atoms with van der Waals surface area (Å²) in [5.41, 5.74) is 0. The van der Waals surface area contributed by atoms with E-state index in [2.05, 4.69) is 17.7 Å². The van der Waals surface area contributed by atoms with Gasteiger partial charge >= 0.3 is 0 Å². The Balaban J connectivity index is 1.81. The van der Waals surface area contributed by atoms with Crippen molar-refractivity contribution in [3.8, 4) is 0 Å². The van der Waals surface area contributed by atoms with Crippen LogP contribution in [0.15, 0.2) is 0 Å². The van der Waals surface area contributed by atoms with E-state index in [0.29, 0.717) is 0 Å². The number of rotatable bonds is 3. The molecule has 0 radical (unpaired) electrons. The van der Waals surface area contributed by atoms with E-state index < -0.39 is 0 Å². The lowest BCUT2D eigenvalue weighted by Gasteiger charge is -2.34. The quantitative estimate of drug-likeness (QED) is 0.722. The van der Waals surface area contributed by atoms with Gasteiger partial charge in [-0.25, -0.2) is 0 Å². The fraction of sp³-hybridized carbons (Fsp3) is 1.00. The third kappa shape index (κ3) is 2.48. The molecule has 0 spiro atoms. The van der Waals surface area contributed by atoms with Crippen LogP contribution < -0.4 is 10.6 Å². The Hall–Kier alpha value is -0.0800. The largest absolute Gasteiger partial charge is 0.315 e. The van der Waals surface area contributed by atoms with Gasteiger partial charge in [0.05, 0.1) is 0 Å². The van der Waals surface area contributed by atoms with E-state index in [9.17, 15) is 0 Å². The molecule has 0 aliphatic heterocycles. The topological polar surface area (TPSA) is 24.1 Å². The number of hydrogen-bond acceptors (Lipinski definition) is 2. The van der Waals surface area contributed by atoms with Crippen LogP contribution >= 0.6 is 0 Å². The van der Waals surface area contributed by atoms with Crippen LogP contribution in [-0.2, 0) is 0 Å². The van der Waals surface area contributed by atoms with Crippen molar-refractivity contribution in [1.82, 2.24) is 10.6 Å².